The van der Waals surface area contributed by atoms with Crippen molar-refractivity contribution in [3.63, 3.8) is 0 Å². The molecule has 0 atom stereocenters. The van der Waals surface area contributed by atoms with E-state index in [1.54, 1.807) is 24.3 Å². The molecule has 0 aliphatic carbocycles. The fourth-order valence-electron chi connectivity index (χ4n) is 6.51. The second-order valence-corrected chi connectivity index (χ2v) is 35.7. The average molecular weight is 768 g/mol. The van der Waals surface area contributed by atoms with Crippen molar-refractivity contribution < 1.29 is 31.1 Å². The van der Waals surface area contributed by atoms with Crippen LogP contribution in [0.5, 0.6) is 5.75 Å². The van der Waals surface area contributed by atoms with Gasteiger partial charge in [0.1, 0.15) is 5.75 Å². The van der Waals surface area contributed by atoms with Crippen LogP contribution in [0.25, 0.3) is 22.3 Å². The maximum absolute atomic E-state index is 12.0. The van der Waals surface area contributed by atoms with E-state index in [-0.39, 0.29) is 5.56 Å². The molecule has 8 nitrogen and oxygen atoms in total. The standard InChI is InChI=1S/C37H57NO7Si5/c1-46(2,3)42-48(6,7)44-50(10,11)45-49(8,9)43-47(4,5)27-15-13-12-14-26-41-34-24-25-35(37(39)40)36(28-34)33-22-20-32(21-23-33)31-18-16-30(29-38)17-19-31/h16-25,28H,12-15,26-27H2,1-11H3,(H,39,40). The third-order valence-electron chi connectivity index (χ3n) is 7.76. The Hall–Kier alpha value is -2.66. The number of benzene rings is 3. The second kappa shape index (κ2) is 17.2. The molecule has 0 amide bonds. The molecule has 0 aromatic heterocycles. The largest absolute Gasteiger partial charge is 0.494 e. The van der Waals surface area contributed by atoms with Crippen LogP contribution in [-0.4, -0.2) is 60.0 Å². The van der Waals surface area contributed by atoms with Crippen LogP contribution in [0.4, 0.5) is 0 Å². The maximum Gasteiger partial charge on any atom is 0.336 e. The van der Waals surface area contributed by atoms with E-state index in [1.165, 1.54) is 0 Å². The van der Waals surface area contributed by atoms with Crippen molar-refractivity contribution in [1.29, 1.82) is 5.26 Å². The Labute approximate surface area is 305 Å². The third kappa shape index (κ3) is 14.2. The predicted molar refractivity (Wildman–Crippen MR) is 215 cm³/mol. The van der Waals surface area contributed by atoms with Crippen molar-refractivity contribution in [3.8, 4) is 34.1 Å². The number of hydrogen-bond donors (Lipinski definition) is 1. The highest BCUT2D eigenvalue weighted by molar-refractivity contribution is 6.90. The molecule has 50 heavy (non-hydrogen) atoms. The van der Waals surface area contributed by atoms with Crippen LogP contribution in [0.15, 0.2) is 66.7 Å². The van der Waals surface area contributed by atoms with Crippen molar-refractivity contribution in [2.75, 3.05) is 6.61 Å². The highest BCUT2D eigenvalue weighted by atomic mass is 28.5. The van der Waals surface area contributed by atoms with E-state index in [0.717, 1.165) is 48.4 Å². The van der Waals surface area contributed by atoms with Gasteiger partial charge in [-0.1, -0.05) is 55.7 Å². The monoisotopic (exact) mass is 767 g/mol. The molecular weight excluding hydrogens is 711 g/mol. The number of carbonyl (C=O) groups is 1. The smallest absolute Gasteiger partial charge is 0.336 e. The van der Waals surface area contributed by atoms with Gasteiger partial charge < -0.3 is 26.3 Å². The van der Waals surface area contributed by atoms with Gasteiger partial charge in [-0.3, -0.25) is 0 Å². The number of ether oxygens (including phenoxy) is 1. The first kappa shape index (κ1) is 41.8. The lowest BCUT2D eigenvalue weighted by molar-refractivity contribution is 0.0697. The van der Waals surface area contributed by atoms with E-state index >= 15 is 0 Å². The molecule has 3 rings (SSSR count). The summed E-state index contributed by atoms with van der Waals surface area (Å²) < 4.78 is 32.5. The van der Waals surface area contributed by atoms with Crippen molar-refractivity contribution in [3.05, 3.63) is 77.9 Å². The minimum absolute atomic E-state index is 0.231. The number of aromatic carboxylic acids is 1. The summed E-state index contributed by atoms with van der Waals surface area (Å²) in [4.78, 5) is 12.0. The number of nitrogens with zero attached hydrogens (tertiary/aromatic N) is 1. The van der Waals surface area contributed by atoms with Crippen molar-refractivity contribution in [2.45, 2.75) is 104 Å². The lowest BCUT2D eigenvalue weighted by Gasteiger charge is -2.42. The Kier molecular flexibility index (Phi) is 14.4. The van der Waals surface area contributed by atoms with Gasteiger partial charge in [-0.2, -0.15) is 5.26 Å². The van der Waals surface area contributed by atoms with Crippen LogP contribution in [-0.2, 0) is 16.5 Å². The molecule has 0 saturated heterocycles. The molecule has 0 heterocycles. The zero-order valence-corrected chi connectivity index (χ0v) is 36.9. The topological polar surface area (TPSA) is 107 Å². The molecule has 0 radical (unpaired) electrons. The Balaban J connectivity index is 1.47. The first-order valence-corrected chi connectivity index (χ1v) is 32.5. The number of carboxylic acids is 1. The quantitative estimate of drug-likeness (QED) is 0.0949. The molecule has 272 valence electrons. The number of carboxylic acid groups (broad SMARTS) is 1. The second-order valence-electron chi connectivity index (χ2n) is 15.8. The maximum atomic E-state index is 12.0. The lowest BCUT2D eigenvalue weighted by Crippen LogP contribution is -2.58. The minimum Gasteiger partial charge on any atom is -0.494 e. The Morgan fingerprint density at radius 2 is 1.14 bits per heavy atom. The van der Waals surface area contributed by atoms with E-state index in [2.05, 4.69) is 78.1 Å². The van der Waals surface area contributed by atoms with Crippen LogP contribution >= 0.6 is 0 Å². The van der Waals surface area contributed by atoms with Crippen LogP contribution in [0.2, 0.25) is 78.1 Å². The fraction of sp³-hybridized carbons (Fsp3) is 0.459. The summed E-state index contributed by atoms with van der Waals surface area (Å²) in [5.41, 5.74) is 4.24. The van der Waals surface area contributed by atoms with Gasteiger partial charge in [0.15, 0.2) is 16.6 Å². The predicted octanol–water partition coefficient (Wildman–Crippen LogP) is 10.7. The fourth-order valence-corrected chi connectivity index (χ4v) is 30.3. The molecule has 0 aliphatic rings. The van der Waals surface area contributed by atoms with Gasteiger partial charge in [0, 0.05) is 0 Å². The summed E-state index contributed by atoms with van der Waals surface area (Å²) in [6.45, 7) is 24.5. The zero-order chi connectivity index (χ0) is 37.4. The molecule has 0 bridgehead atoms. The normalized spacial score (nSPS) is 12.8. The molecule has 1 N–H and O–H groups in total. The van der Waals surface area contributed by atoms with Gasteiger partial charge >= 0.3 is 31.7 Å². The van der Waals surface area contributed by atoms with E-state index in [0.29, 0.717) is 23.5 Å². The molecule has 0 fully saturated rings. The van der Waals surface area contributed by atoms with Gasteiger partial charge in [0.2, 0.25) is 0 Å². The number of rotatable bonds is 19. The first-order chi connectivity index (χ1) is 23.1. The third-order valence-corrected chi connectivity index (χ3v) is 25.8. The molecule has 3 aromatic carbocycles. The van der Waals surface area contributed by atoms with E-state index in [9.17, 15) is 9.90 Å². The van der Waals surface area contributed by atoms with Crippen molar-refractivity contribution in [2.24, 2.45) is 0 Å². The summed E-state index contributed by atoms with van der Waals surface area (Å²) in [7, 11) is -10.8. The van der Waals surface area contributed by atoms with Gasteiger partial charge in [-0.25, -0.2) is 4.79 Å². The van der Waals surface area contributed by atoms with Crippen LogP contribution < -0.4 is 4.74 Å². The highest BCUT2D eigenvalue weighted by Gasteiger charge is 2.45. The minimum atomic E-state index is -2.44. The van der Waals surface area contributed by atoms with Crippen molar-refractivity contribution >= 4 is 48.3 Å². The molecule has 0 unspecified atom stereocenters. The highest BCUT2D eigenvalue weighted by Crippen LogP contribution is 2.32. The Morgan fingerprint density at radius 3 is 1.68 bits per heavy atom. The molecule has 0 saturated carbocycles. The number of hydrogen-bond acceptors (Lipinski definition) is 7. The molecule has 3 aromatic rings. The molecule has 0 aliphatic heterocycles. The summed E-state index contributed by atoms with van der Waals surface area (Å²) >= 11 is 0. The van der Waals surface area contributed by atoms with Gasteiger partial charge in [-0.15, -0.1) is 0 Å². The zero-order valence-electron chi connectivity index (χ0n) is 31.9. The van der Waals surface area contributed by atoms with E-state index < -0.39 is 48.3 Å². The van der Waals surface area contributed by atoms with Crippen LogP contribution in [0.3, 0.4) is 0 Å². The van der Waals surface area contributed by atoms with Crippen LogP contribution in [0.1, 0.15) is 41.6 Å². The number of nitriles is 1. The summed E-state index contributed by atoms with van der Waals surface area (Å²) in [5, 5.41) is 18.9. The van der Waals surface area contributed by atoms with Gasteiger partial charge in [-0.05, 0) is 137 Å². The summed E-state index contributed by atoms with van der Waals surface area (Å²) in [5.74, 6) is -0.323. The molecular formula is C37H57NO7Si5. The summed E-state index contributed by atoms with van der Waals surface area (Å²) in [6, 6.07) is 23.5. The molecule has 0 spiro atoms. The Bertz CT molecular complexity index is 1610. The van der Waals surface area contributed by atoms with Crippen LogP contribution in [0, 0.1) is 11.3 Å². The van der Waals surface area contributed by atoms with Crippen molar-refractivity contribution in [1.82, 2.24) is 0 Å². The lowest BCUT2D eigenvalue weighted by atomic mass is 9.96. The van der Waals surface area contributed by atoms with E-state index in [4.69, 9.17) is 26.5 Å². The molecule has 13 heteroatoms. The average Bonchev–Trinajstić information content (AvgIpc) is 2.97. The SMILES string of the molecule is C[Si](C)(C)O[Si](C)(C)O[Si](C)(C)O[Si](C)(C)O[Si](C)(C)CCCCCCOc1ccc(C(=O)O)c(-c2ccc(-c3ccc(C#N)cc3)cc2)c1. The first-order valence-electron chi connectivity index (χ1n) is 17.5. The number of unbranched alkanes of at least 4 members (excludes halogenated alkanes) is 3. The van der Waals surface area contributed by atoms with E-state index in [1.807, 2.05) is 42.5 Å². The summed E-state index contributed by atoms with van der Waals surface area (Å²) in [6.07, 6.45) is 4.15. The van der Waals surface area contributed by atoms with Gasteiger partial charge in [0.25, 0.3) is 0 Å². The van der Waals surface area contributed by atoms with Gasteiger partial charge in [0.05, 0.1) is 23.8 Å². The Morgan fingerprint density at radius 1 is 0.640 bits per heavy atom.